The molecule has 0 amide bonds. The van der Waals surface area contributed by atoms with Crippen LogP contribution in [0.1, 0.15) is 6.92 Å². The Hall–Kier alpha value is -0.470. The van der Waals surface area contributed by atoms with E-state index in [1.165, 1.54) is 0 Å². The highest BCUT2D eigenvalue weighted by molar-refractivity contribution is 7.64. The molecule has 0 aromatic rings. The molecule has 1 aliphatic heterocycles. The predicted molar refractivity (Wildman–Crippen MR) is 44.8 cm³/mol. The minimum Gasteiger partial charge on any atom is -0.323 e. The first-order valence-electron chi connectivity index (χ1n) is 3.30. The van der Waals surface area contributed by atoms with E-state index in [2.05, 4.69) is 5.92 Å². The zero-order valence-electron chi connectivity index (χ0n) is 6.29. The van der Waals surface area contributed by atoms with Crippen LogP contribution in [0.25, 0.3) is 0 Å². The second-order valence-electron chi connectivity index (χ2n) is 2.91. The van der Waals surface area contributed by atoms with Gasteiger partial charge in [-0.05, 0) is 6.66 Å². The van der Waals surface area contributed by atoms with Gasteiger partial charge in [-0.25, -0.2) is 0 Å². The molecule has 0 spiro atoms. The Balaban J connectivity index is 2.89. The van der Waals surface area contributed by atoms with Crippen molar-refractivity contribution in [2.75, 3.05) is 12.8 Å². The quantitative estimate of drug-likeness (QED) is 0.385. The summed E-state index contributed by atoms with van der Waals surface area (Å²) in [4.78, 5) is 0. The number of hydrogen-bond donors (Lipinski definition) is 0. The van der Waals surface area contributed by atoms with Crippen molar-refractivity contribution in [2.45, 2.75) is 12.6 Å². The maximum atomic E-state index is 11.6. The first kappa shape index (κ1) is 7.63. The maximum absolute atomic E-state index is 11.6. The van der Waals surface area contributed by atoms with E-state index in [0.717, 1.165) is 5.57 Å². The van der Waals surface area contributed by atoms with Gasteiger partial charge >= 0.3 is 0 Å². The summed E-state index contributed by atoms with van der Waals surface area (Å²) in [6.45, 7) is 3.78. The third kappa shape index (κ3) is 1.18. The Bertz CT molecular complexity index is 257. The van der Waals surface area contributed by atoms with Crippen molar-refractivity contribution in [3.05, 3.63) is 11.6 Å². The largest absolute Gasteiger partial charge is 0.323 e. The number of terminal acetylenes is 1. The summed E-state index contributed by atoms with van der Waals surface area (Å²) in [5, 5.41) is 0. The van der Waals surface area contributed by atoms with E-state index in [-0.39, 0.29) is 5.66 Å². The maximum Gasteiger partial charge on any atom is 0.0959 e. The van der Waals surface area contributed by atoms with Crippen molar-refractivity contribution < 1.29 is 4.57 Å². The van der Waals surface area contributed by atoms with Crippen molar-refractivity contribution in [2.24, 2.45) is 0 Å². The van der Waals surface area contributed by atoms with Crippen LogP contribution in [0.3, 0.4) is 0 Å². The molecule has 0 radical (unpaired) electrons. The minimum atomic E-state index is -1.94. The van der Waals surface area contributed by atoms with E-state index in [9.17, 15) is 4.57 Å². The van der Waals surface area contributed by atoms with Gasteiger partial charge in [0.1, 0.15) is 0 Å². The molecular weight excluding hydrogens is 143 g/mol. The van der Waals surface area contributed by atoms with E-state index in [4.69, 9.17) is 6.42 Å². The van der Waals surface area contributed by atoms with E-state index < -0.39 is 7.14 Å². The van der Waals surface area contributed by atoms with Gasteiger partial charge in [-0.3, -0.25) is 0 Å². The molecule has 1 rings (SSSR count). The third-order valence-electron chi connectivity index (χ3n) is 1.97. The van der Waals surface area contributed by atoms with Crippen LogP contribution in [0.5, 0.6) is 0 Å². The lowest BCUT2D eigenvalue weighted by Crippen LogP contribution is -1.93. The standard InChI is InChI=1S/C8H11OP/c1-4-8-5-7(2)10(3,9)6-8/h1,5,7H,6H2,2-3H3. The van der Waals surface area contributed by atoms with Gasteiger partial charge in [0, 0.05) is 17.4 Å². The molecule has 2 atom stereocenters. The highest BCUT2D eigenvalue weighted by Crippen LogP contribution is 2.53. The molecular formula is C8H11OP. The van der Waals surface area contributed by atoms with Gasteiger partial charge in [-0.1, -0.05) is 18.9 Å². The average Bonchev–Trinajstić information content (AvgIpc) is 2.08. The number of hydrogen-bond acceptors (Lipinski definition) is 1. The van der Waals surface area contributed by atoms with Crippen molar-refractivity contribution in [1.29, 1.82) is 0 Å². The Morgan fingerprint density at radius 3 is 2.70 bits per heavy atom. The molecule has 0 fully saturated rings. The van der Waals surface area contributed by atoms with Crippen LogP contribution in [-0.2, 0) is 4.57 Å². The Morgan fingerprint density at radius 1 is 1.90 bits per heavy atom. The zero-order valence-corrected chi connectivity index (χ0v) is 7.19. The molecule has 10 heavy (non-hydrogen) atoms. The fourth-order valence-electron chi connectivity index (χ4n) is 1.08. The summed E-state index contributed by atoms with van der Waals surface area (Å²) in [6, 6.07) is 0. The summed E-state index contributed by atoms with van der Waals surface area (Å²) in [5.74, 6) is 2.54. The first-order chi connectivity index (χ1) is 4.56. The lowest BCUT2D eigenvalue weighted by molar-refractivity contribution is 0.578. The monoisotopic (exact) mass is 154 g/mol. The van der Waals surface area contributed by atoms with E-state index in [1.807, 2.05) is 19.7 Å². The van der Waals surface area contributed by atoms with Crippen LogP contribution >= 0.6 is 7.14 Å². The van der Waals surface area contributed by atoms with Crippen molar-refractivity contribution in [3.63, 3.8) is 0 Å². The fraction of sp³-hybridized carbons (Fsp3) is 0.500. The molecule has 0 bridgehead atoms. The molecule has 0 aliphatic carbocycles. The van der Waals surface area contributed by atoms with Crippen LogP contribution in [0.2, 0.25) is 0 Å². The Kier molecular flexibility index (Phi) is 1.75. The van der Waals surface area contributed by atoms with Crippen molar-refractivity contribution in [1.82, 2.24) is 0 Å². The molecule has 1 heterocycles. The van der Waals surface area contributed by atoms with Gasteiger partial charge < -0.3 is 4.57 Å². The van der Waals surface area contributed by atoms with Gasteiger partial charge in [0.2, 0.25) is 0 Å². The smallest absolute Gasteiger partial charge is 0.0959 e. The Labute approximate surface area is 61.9 Å². The molecule has 0 aromatic carbocycles. The molecule has 1 nitrogen and oxygen atoms in total. The summed E-state index contributed by atoms with van der Waals surface area (Å²) in [6.07, 6.45) is 7.75. The molecule has 0 saturated carbocycles. The molecule has 0 N–H and O–H groups in total. The lowest BCUT2D eigenvalue weighted by atomic mass is 10.3. The topological polar surface area (TPSA) is 17.1 Å². The van der Waals surface area contributed by atoms with Gasteiger partial charge in [0.05, 0.1) is 7.14 Å². The zero-order chi connectivity index (χ0) is 7.78. The van der Waals surface area contributed by atoms with E-state index in [1.54, 1.807) is 0 Å². The van der Waals surface area contributed by atoms with Gasteiger partial charge in [0.25, 0.3) is 0 Å². The molecule has 1 aliphatic rings. The molecule has 0 saturated heterocycles. The molecule has 2 unspecified atom stereocenters. The van der Waals surface area contributed by atoms with E-state index >= 15 is 0 Å². The Morgan fingerprint density at radius 2 is 2.50 bits per heavy atom. The molecule has 0 aromatic heterocycles. The summed E-state index contributed by atoms with van der Waals surface area (Å²) in [7, 11) is -1.94. The molecule has 54 valence electrons. The van der Waals surface area contributed by atoms with Gasteiger partial charge in [-0.15, -0.1) is 6.42 Å². The fourth-order valence-corrected chi connectivity index (χ4v) is 2.73. The summed E-state index contributed by atoms with van der Waals surface area (Å²) in [5.41, 5.74) is 1.11. The predicted octanol–water partition coefficient (Wildman–Crippen LogP) is 1.94. The second-order valence-corrected chi connectivity index (χ2v) is 6.39. The normalized spacial score (nSPS) is 38.9. The van der Waals surface area contributed by atoms with Crippen LogP contribution < -0.4 is 0 Å². The van der Waals surface area contributed by atoms with Crippen molar-refractivity contribution >= 4 is 7.14 Å². The first-order valence-corrected chi connectivity index (χ1v) is 5.70. The number of allylic oxidation sites excluding steroid dienone is 2. The summed E-state index contributed by atoms with van der Waals surface area (Å²) >= 11 is 0. The van der Waals surface area contributed by atoms with Gasteiger partial charge in [0.15, 0.2) is 0 Å². The SMILES string of the molecule is C#CC1=CC(C)P(C)(=O)C1. The van der Waals surface area contributed by atoms with Gasteiger partial charge in [-0.2, -0.15) is 0 Å². The van der Waals surface area contributed by atoms with Crippen molar-refractivity contribution in [3.8, 4) is 12.3 Å². The number of rotatable bonds is 0. The highest BCUT2D eigenvalue weighted by Gasteiger charge is 2.29. The average molecular weight is 154 g/mol. The third-order valence-corrected chi connectivity index (χ3v) is 4.81. The lowest BCUT2D eigenvalue weighted by Gasteiger charge is -2.08. The van der Waals surface area contributed by atoms with E-state index in [0.29, 0.717) is 6.16 Å². The van der Waals surface area contributed by atoms with Crippen LogP contribution in [0.4, 0.5) is 0 Å². The van der Waals surface area contributed by atoms with Crippen LogP contribution in [-0.4, -0.2) is 18.5 Å². The second kappa shape index (κ2) is 2.29. The minimum absolute atomic E-state index is 0.193. The molecule has 2 heteroatoms. The highest BCUT2D eigenvalue weighted by atomic mass is 31.2. The van der Waals surface area contributed by atoms with Crippen LogP contribution in [0.15, 0.2) is 11.6 Å². The summed E-state index contributed by atoms with van der Waals surface area (Å²) < 4.78 is 11.6. The van der Waals surface area contributed by atoms with Crippen LogP contribution in [0, 0.1) is 12.3 Å².